The van der Waals surface area contributed by atoms with Crippen molar-refractivity contribution in [2.24, 2.45) is 0 Å². The third kappa shape index (κ3) is 7.24. The van der Waals surface area contributed by atoms with E-state index in [1.54, 1.807) is 73.7 Å². The Morgan fingerprint density at radius 3 is 2.14 bits per heavy atom. The smallest absolute Gasteiger partial charge is 0.266 e. The zero-order valence-corrected chi connectivity index (χ0v) is 20.2. The number of halogens is 2. The molecular formula is C26H21Cl2N3O4. The van der Waals surface area contributed by atoms with Crippen LogP contribution in [0.25, 0.3) is 6.08 Å². The second kappa shape index (κ2) is 12.5. The van der Waals surface area contributed by atoms with Crippen LogP contribution in [0.1, 0.15) is 12.5 Å². The van der Waals surface area contributed by atoms with Crippen LogP contribution in [0, 0.1) is 11.3 Å². The van der Waals surface area contributed by atoms with Gasteiger partial charge in [-0.25, -0.2) is 0 Å². The molecule has 2 N–H and O–H groups in total. The molecule has 3 rings (SSSR count). The lowest BCUT2D eigenvalue weighted by atomic mass is 10.1. The second-order valence-electron chi connectivity index (χ2n) is 7.06. The molecule has 0 atom stereocenters. The van der Waals surface area contributed by atoms with Crippen molar-refractivity contribution in [2.75, 3.05) is 23.8 Å². The average molecular weight is 510 g/mol. The number of carbonyl (C=O) groups excluding carboxylic acids is 2. The lowest BCUT2D eigenvalue weighted by Crippen LogP contribution is -2.20. The number of benzene rings is 3. The van der Waals surface area contributed by atoms with E-state index < -0.39 is 11.8 Å². The van der Waals surface area contributed by atoms with Crippen LogP contribution in [-0.4, -0.2) is 25.0 Å². The maximum absolute atomic E-state index is 12.6. The Bertz CT molecular complexity index is 1300. The van der Waals surface area contributed by atoms with Gasteiger partial charge in [-0.3, -0.25) is 9.59 Å². The predicted octanol–water partition coefficient (Wildman–Crippen LogP) is 5.96. The van der Waals surface area contributed by atoms with E-state index in [-0.39, 0.29) is 12.2 Å². The third-order valence-corrected chi connectivity index (χ3v) is 5.23. The first kappa shape index (κ1) is 25.6. The van der Waals surface area contributed by atoms with Crippen molar-refractivity contribution in [1.82, 2.24) is 0 Å². The summed E-state index contributed by atoms with van der Waals surface area (Å²) < 4.78 is 11.3. The van der Waals surface area contributed by atoms with Crippen molar-refractivity contribution in [3.63, 3.8) is 0 Å². The number of nitrogens with one attached hydrogen (secondary N) is 2. The van der Waals surface area contributed by atoms with Crippen molar-refractivity contribution in [3.05, 3.63) is 87.9 Å². The molecule has 7 nitrogen and oxygen atoms in total. The molecule has 3 aromatic carbocycles. The molecule has 0 unspecified atom stereocenters. The number of rotatable bonds is 9. The van der Waals surface area contributed by atoms with Crippen LogP contribution in [0.15, 0.2) is 72.3 Å². The molecule has 0 aromatic heterocycles. The van der Waals surface area contributed by atoms with Crippen molar-refractivity contribution >= 4 is 52.5 Å². The van der Waals surface area contributed by atoms with Gasteiger partial charge in [0.2, 0.25) is 0 Å². The first-order chi connectivity index (χ1) is 16.9. The van der Waals surface area contributed by atoms with Crippen LogP contribution >= 0.6 is 23.2 Å². The summed E-state index contributed by atoms with van der Waals surface area (Å²) in [5.41, 5.74) is 1.29. The number of carbonyl (C=O) groups is 2. The molecule has 0 aliphatic rings. The molecule has 9 heteroatoms. The molecule has 35 heavy (non-hydrogen) atoms. The number of amides is 2. The Kier molecular flexibility index (Phi) is 9.13. The van der Waals surface area contributed by atoms with Crippen molar-refractivity contribution in [3.8, 4) is 17.6 Å². The molecule has 0 fully saturated rings. The zero-order chi connectivity index (χ0) is 25.2. The van der Waals surface area contributed by atoms with Gasteiger partial charge in [0.25, 0.3) is 11.8 Å². The third-order valence-electron chi connectivity index (χ3n) is 4.57. The summed E-state index contributed by atoms with van der Waals surface area (Å²) in [6, 6.07) is 20.3. The molecule has 0 aliphatic carbocycles. The van der Waals surface area contributed by atoms with Gasteiger partial charge in [-0.15, -0.1) is 0 Å². The van der Waals surface area contributed by atoms with Crippen LogP contribution < -0.4 is 20.1 Å². The van der Waals surface area contributed by atoms with Crippen LogP contribution in [0.5, 0.6) is 11.5 Å². The van der Waals surface area contributed by atoms with Gasteiger partial charge in [0.05, 0.1) is 28.0 Å². The minimum atomic E-state index is -0.602. The number of hydrogen-bond acceptors (Lipinski definition) is 5. The highest BCUT2D eigenvalue weighted by molar-refractivity contribution is 6.34. The summed E-state index contributed by atoms with van der Waals surface area (Å²) in [7, 11) is 0. The summed E-state index contributed by atoms with van der Waals surface area (Å²) in [5.74, 6) is -0.310. The van der Waals surface area contributed by atoms with Gasteiger partial charge in [-0.2, -0.15) is 5.26 Å². The first-order valence-electron chi connectivity index (χ1n) is 10.5. The van der Waals surface area contributed by atoms with Gasteiger partial charge in [0.1, 0.15) is 11.6 Å². The normalized spacial score (nSPS) is 10.7. The van der Waals surface area contributed by atoms with E-state index in [0.29, 0.717) is 45.1 Å². The molecule has 178 valence electrons. The lowest BCUT2D eigenvalue weighted by molar-refractivity contribution is -0.118. The lowest BCUT2D eigenvalue weighted by Gasteiger charge is -2.13. The minimum Gasteiger partial charge on any atom is -0.490 e. The molecule has 0 heterocycles. The van der Waals surface area contributed by atoms with E-state index in [9.17, 15) is 14.9 Å². The van der Waals surface area contributed by atoms with Crippen LogP contribution in [0.2, 0.25) is 10.0 Å². The quantitative estimate of drug-likeness (QED) is 0.274. The molecule has 0 bridgehead atoms. The highest BCUT2D eigenvalue weighted by Gasteiger charge is 2.14. The molecule has 0 saturated carbocycles. The summed E-state index contributed by atoms with van der Waals surface area (Å²) in [4.78, 5) is 24.8. The predicted molar refractivity (Wildman–Crippen MR) is 137 cm³/mol. The molecule has 0 aliphatic heterocycles. The number of para-hydroxylation sites is 2. The number of hydrogen-bond donors (Lipinski definition) is 2. The zero-order valence-electron chi connectivity index (χ0n) is 18.7. The number of nitriles is 1. The van der Waals surface area contributed by atoms with E-state index in [4.69, 9.17) is 32.7 Å². The van der Waals surface area contributed by atoms with Gasteiger partial charge in [0, 0.05) is 0 Å². The van der Waals surface area contributed by atoms with Crippen molar-refractivity contribution in [1.29, 1.82) is 5.26 Å². The molecular weight excluding hydrogens is 489 g/mol. The van der Waals surface area contributed by atoms with Gasteiger partial charge < -0.3 is 20.1 Å². The maximum atomic E-state index is 12.6. The Labute approximate surface area is 212 Å². The number of nitrogens with zero attached hydrogens (tertiary/aromatic N) is 1. The molecule has 0 spiro atoms. The Morgan fingerprint density at radius 1 is 0.914 bits per heavy atom. The Hall–Kier alpha value is -3.99. The largest absolute Gasteiger partial charge is 0.490 e. The van der Waals surface area contributed by atoms with E-state index in [2.05, 4.69) is 10.6 Å². The fraction of sp³-hybridized carbons (Fsp3) is 0.115. The highest BCUT2D eigenvalue weighted by atomic mass is 35.5. The van der Waals surface area contributed by atoms with Gasteiger partial charge in [-0.1, -0.05) is 53.5 Å². The summed E-state index contributed by atoms with van der Waals surface area (Å²) in [6.45, 7) is 1.87. The standard InChI is InChI=1S/C26H21Cl2N3O4/c1-2-34-24-14-17(13-18(15-29)26(33)31-22-10-6-4-8-20(22)28)11-12-23(24)35-16-25(32)30-21-9-5-3-7-19(21)27/h3-14H,2,16H2,1H3,(H,30,32)(H,31,33)/b18-13+. The molecule has 3 aromatic rings. The van der Waals surface area contributed by atoms with E-state index >= 15 is 0 Å². The Morgan fingerprint density at radius 2 is 1.54 bits per heavy atom. The first-order valence-corrected chi connectivity index (χ1v) is 11.3. The van der Waals surface area contributed by atoms with E-state index in [0.717, 1.165) is 0 Å². The maximum Gasteiger partial charge on any atom is 0.266 e. The van der Waals surface area contributed by atoms with Crippen LogP contribution in [-0.2, 0) is 9.59 Å². The molecule has 2 amide bonds. The van der Waals surface area contributed by atoms with Gasteiger partial charge in [-0.05, 0) is 55.0 Å². The fourth-order valence-electron chi connectivity index (χ4n) is 2.96. The molecule has 0 radical (unpaired) electrons. The molecule has 0 saturated heterocycles. The monoisotopic (exact) mass is 509 g/mol. The summed E-state index contributed by atoms with van der Waals surface area (Å²) >= 11 is 12.1. The number of anilines is 2. The Balaban J connectivity index is 1.72. The summed E-state index contributed by atoms with van der Waals surface area (Å²) in [5, 5.41) is 15.6. The second-order valence-corrected chi connectivity index (χ2v) is 7.87. The van der Waals surface area contributed by atoms with Crippen molar-refractivity contribution < 1.29 is 19.1 Å². The fourth-order valence-corrected chi connectivity index (χ4v) is 3.33. The van der Waals surface area contributed by atoms with Crippen LogP contribution in [0.4, 0.5) is 11.4 Å². The SMILES string of the molecule is CCOc1cc(/C=C(\C#N)C(=O)Nc2ccccc2Cl)ccc1OCC(=O)Nc1ccccc1Cl. The number of ether oxygens (including phenoxy) is 2. The van der Waals surface area contributed by atoms with Crippen molar-refractivity contribution in [2.45, 2.75) is 6.92 Å². The highest BCUT2D eigenvalue weighted by Crippen LogP contribution is 2.30. The minimum absolute atomic E-state index is 0.125. The van der Waals surface area contributed by atoms with Crippen LogP contribution in [0.3, 0.4) is 0 Å². The van der Waals surface area contributed by atoms with E-state index in [1.807, 2.05) is 6.07 Å². The topological polar surface area (TPSA) is 100 Å². The average Bonchev–Trinajstić information content (AvgIpc) is 2.85. The van der Waals surface area contributed by atoms with Gasteiger partial charge >= 0.3 is 0 Å². The van der Waals surface area contributed by atoms with E-state index in [1.165, 1.54) is 6.08 Å². The summed E-state index contributed by atoms with van der Waals surface area (Å²) in [6.07, 6.45) is 1.42. The van der Waals surface area contributed by atoms with Gasteiger partial charge in [0.15, 0.2) is 18.1 Å².